The Morgan fingerprint density at radius 1 is 1.11 bits per heavy atom. The molecule has 0 aliphatic rings. The van der Waals surface area contributed by atoms with E-state index >= 15 is 0 Å². The molecule has 27 heavy (non-hydrogen) atoms. The number of nitrogens with one attached hydrogen (secondary N) is 1. The van der Waals surface area contributed by atoms with Crippen LogP contribution in [0.5, 0.6) is 5.75 Å². The van der Waals surface area contributed by atoms with Gasteiger partial charge in [0, 0.05) is 24.0 Å². The van der Waals surface area contributed by atoms with Crippen LogP contribution in [0, 0.1) is 0 Å². The van der Waals surface area contributed by atoms with Gasteiger partial charge in [-0.3, -0.25) is 0 Å². The van der Waals surface area contributed by atoms with E-state index in [2.05, 4.69) is 34.0 Å². The van der Waals surface area contributed by atoms with Crippen LogP contribution < -0.4 is 5.32 Å². The first-order chi connectivity index (χ1) is 13.1. The number of allylic oxidation sites excluding steroid dienone is 1. The molecular weight excluding hydrogens is 336 g/mol. The standard InChI is InChI=1S/C22H20N4O/c1-15(2)26-13-19(17-9-6-10-18(27)11-17)20-21(24-14-25-22(20)26)23-12-16-7-4-3-5-8-16/h3-11,13-14,27H,1,12H2,2H3,(H,23,24,25). The van der Waals surface area contributed by atoms with Crippen molar-refractivity contribution in [2.45, 2.75) is 13.5 Å². The lowest BCUT2D eigenvalue weighted by atomic mass is 10.1. The summed E-state index contributed by atoms with van der Waals surface area (Å²) in [6.07, 6.45) is 3.55. The van der Waals surface area contributed by atoms with Gasteiger partial charge in [0.2, 0.25) is 0 Å². The highest BCUT2D eigenvalue weighted by Crippen LogP contribution is 2.36. The molecule has 4 rings (SSSR count). The van der Waals surface area contributed by atoms with Gasteiger partial charge in [0.05, 0.1) is 5.39 Å². The smallest absolute Gasteiger partial charge is 0.150 e. The van der Waals surface area contributed by atoms with E-state index in [9.17, 15) is 5.11 Å². The normalized spacial score (nSPS) is 10.9. The van der Waals surface area contributed by atoms with Crippen LogP contribution in [-0.4, -0.2) is 19.6 Å². The van der Waals surface area contributed by atoms with E-state index in [0.717, 1.165) is 33.7 Å². The van der Waals surface area contributed by atoms with Crippen molar-refractivity contribution >= 4 is 22.5 Å². The van der Waals surface area contributed by atoms with E-state index in [4.69, 9.17) is 0 Å². The van der Waals surface area contributed by atoms with Crippen molar-refractivity contribution in [2.24, 2.45) is 0 Å². The summed E-state index contributed by atoms with van der Waals surface area (Å²) < 4.78 is 1.95. The molecule has 134 valence electrons. The maximum absolute atomic E-state index is 9.91. The summed E-state index contributed by atoms with van der Waals surface area (Å²) in [4.78, 5) is 8.95. The van der Waals surface area contributed by atoms with Crippen LogP contribution in [0.4, 0.5) is 5.82 Å². The molecule has 0 aliphatic carbocycles. The van der Waals surface area contributed by atoms with E-state index in [1.165, 1.54) is 5.56 Å². The number of hydrogen-bond acceptors (Lipinski definition) is 4. The maximum Gasteiger partial charge on any atom is 0.150 e. The Morgan fingerprint density at radius 2 is 1.93 bits per heavy atom. The van der Waals surface area contributed by atoms with E-state index in [-0.39, 0.29) is 5.75 Å². The van der Waals surface area contributed by atoms with Gasteiger partial charge in [0.1, 0.15) is 23.5 Å². The van der Waals surface area contributed by atoms with E-state index in [0.29, 0.717) is 6.54 Å². The number of aromatic nitrogens is 3. The lowest BCUT2D eigenvalue weighted by Crippen LogP contribution is -2.03. The Balaban J connectivity index is 1.85. The average molecular weight is 356 g/mol. The lowest BCUT2D eigenvalue weighted by Gasteiger charge is -2.09. The fraction of sp³-hybridized carbons (Fsp3) is 0.0909. The van der Waals surface area contributed by atoms with Gasteiger partial charge < -0.3 is 15.0 Å². The number of phenols is 1. The first-order valence-electron chi connectivity index (χ1n) is 8.72. The summed E-state index contributed by atoms with van der Waals surface area (Å²) >= 11 is 0. The molecule has 0 spiro atoms. The molecule has 2 aromatic heterocycles. The minimum atomic E-state index is 0.222. The molecule has 0 saturated carbocycles. The Kier molecular flexibility index (Phi) is 4.34. The zero-order valence-electron chi connectivity index (χ0n) is 15.1. The summed E-state index contributed by atoms with van der Waals surface area (Å²) in [6, 6.07) is 17.4. The Labute approximate surface area is 157 Å². The van der Waals surface area contributed by atoms with Gasteiger partial charge in [-0.2, -0.15) is 0 Å². The van der Waals surface area contributed by atoms with Crippen molar-refractivity contribution in [3.8, 4) is 16.9 Å². The first-order valence-corrected chi connectivity index (χ1v) is 8.72. The highest BCUT2D eigenvalue weighted by atomic mass is 16.3. The second-order valence-corrected chi connectivity index (χ2v) is 6.46. The van der Waals surface area contributed by atoms with Gasteiger partial charge in [0.25, 0.3) is 0 Å². The van der Waals surface area contributed by atoms with Gasteiger partial charge in [-0.05, 0) is 30.2 Å². The van der Waals surface area contributed by atoms with Gasteiger partial charge in [-0.1, -0.05) is 49.0 Å². The van der Waals surface area contributed by atoms with Crippen LogP contribution in [-0.2, 0) is 6.54 Å². The van der Waals surface area contributed by atoms with Crippen LogP contribution in [0.2, 0.25) is 0 Å². The zero-order chi connectivity index (χ0) is 18.8. The summed E-state index contributed by atoms with van der Waals surface area (Å²) in [5.41, 5.74) is 4.66. The summed E-state index contributed by atoms with van der Waals surface area (Å²) in [5.74, 6) is 0.974. The van der Waals surface area contributed by atoms with Crippen molar-refractivity contribution < 1.29 is 5.11 Å². The van der Waals surface area contributed by atoms with E-state index < -0.39 is 0 Å². The Bertz CT molecular complexity index is 1120. The maximum atomic E-state index is 9.91. The molecule has 0 atom stereocenters. The largest absolute Gasteiger partial charge is 0.508 e. The van der Waals surface area contributed by atoms with Gasteiger partial charge >= 0.3 is 0 Å². The topological polar surface area (TPSA) is 63.0 Å². The number of anilines is 1. The number of hydrogen-bond donors (Lipinski definition) is 2. The second kappa shape index (κ2) is 6.96. The van der Waals surface area contributed by atoms with Crippen molar-refractivity contribution in [3.63, 3.8) is 0 Å². The van der Waals surface area contributed by atoms with Crippen LogP contribution in [0.3, 0.4) is 0 Å². The molecule has 2 N–H and O–H groups in total. The number of phenolic OH excluding ortho intramolecular Hbond substituents is 1. The average Bonchev–Trinajstić information content (AvgIpc) is 3.08. The highest BCUT2D eigenvalue weighted by molar-refractivity contribution is 6.02. The summed E-state index contributed by atoms with van der Waals surface area (Å²) in [6.45, 7) is 6.65. The number of aromatic hydroxyl groups is 1. The van der Waals surface area contributed by atoms with Crippen molar-refractivity contribution in [1.29, 1.82) is 0 Å². The first kappa shape index (κ1) is 16.8. The van der Waals surface area contributed by atoms with Crippen LogP contribution >= 0.6 is 0 Å². The van der Waals surface area contributed by atoms with Crippen LogP contribution in [0.15, 0.2) is 73.7 Å². The molecule has 0 fully saturated rings. The fourth-order valence-electron chi connectivity index (χ4n) is 3.16. The third-order valence-corrected chi connectivity index (χ3v) is 4.45. The quantitative estimate of drug-likeness (QED) is 0.533. The predicted molar refractivity (Wildman–Crippen MR) is 109 cm³/mol. The molecule has 0 saturated heterocycles. The van der Waals surface area contributed by atoms with Crippen LogP contribution in [0.1, 0.15) is 12.5 Å². The number of rotatable bonds is 5. The molecule has 0 aliphatic heterocycles. The van der Waals surface area contributed by atoms with Gasteiger partial charge in [0.15, 0.2) is 0 Å². The molecular formula is C22H20N4O. The Hall–Kier alpha value is -3.60. The zero-order valence-corrected chi connectivity index (χ0v) is 15.1. The number of benzene rings is 2. The predicted octanol–water partition coefficient (Wildman–Crippen LogP) is 4.91. The molecule has 2 aromatic carbocycles. The number of fused-ring (bicyclic) bond motifs is 1. The van der Waals surface area contributed by atoms with E-state index in [1.807, 2.05) is 48.0 Å². The summed E-state index contributed by atoms with van der Waals surface area (Å²) in [7, 11) is 0. The summed E-state index contributed by atoms with van der Waals surface area (Å²) in [5, 5.41) is 14.2. The van der Waals surface area contributed by atoms with Gasteiger partial charge in [-0.15, -0.1) is 0 Å². The van der Waals surface area contributed by atoms with Gasteiger partial charge in [-0.25, -0.2) is 9.97 Å². The lowest BCUT2D eigenvalue weighted by molar-refractivity contribution is 0.475. The van der Waals surface area contributed by atoms with Crippen molar-refractivity contribution in [1.82, 2.24) is 14.5 Å². The third kappa shape index (κ3) is 3.27. The second-order valence-electron chi connectivity index (χ2n) is 6.46. The third-order valence-electron chi connectivity index (χ3n) is 4.45. The molecule has 0 bridgehead atoms. The fourth-order valence-corrected chi connectivity index (χ4v) is 3.16. The molecule has 5 heteroatoms. The van der Waals surface area contributed by atoms with E-state index in [1.54, 1.807) is 18.5 Å². The molecule has 5 nitrogen and oxygen atoms in total. The molecule has 2 heterocycles. The minimum Gasteiger partial charge on any atom is -0.508 e. The minimum absolute atomic E-state index is 0.222. The molecule has 0 radical (unpaired) electrons. The highest BCUT2D eigenvalue weighted by Gasteiger charge is 2.17. The monoisotopic (exact) mass is 356 g/mol. The molecule has 4 aromatic rings. The molecule has 0 amide bonds. The van der Waals surface area contributed by atoms with Crippen LogP contribution in [0.25, 0.3) is 27.9 Å². The Morgan fingerprint density at radius 3 is 2.67 bits per heavy atom. The number of nitrogens with zero attached hydrogens (tertiary/aromatic N) is 3. The molecule has 0 unspecified atom stereocenters. The van der Waals surface area contributed by atoms with Crippen molar-refractivity contribution in [2.75, 3.05) is 5.32 Å². The van der Waals surface area contributed by atoms with Crippen molar-refractivity contribution in [3.05, 3.63) is 79.3 Å². The SMILES string of the molecule is C=C(C)n1cc(-c2cccc(O)c2)c2c(NCc3ccccc3)ncnc21.